The summed E-state index contributed by atoms with van der Waals surface area (Å²) in [4.78, 5) is 0. The summed E-state index contributed by atoms with van der Waals surface area (Å²) in [5.41, 5.74) is 3.99. The van der Waals surface area contributed by atoms with E-state index < -0.39 is 18.1 Å². The topological polar surface area (TPSA) is 35.2 Å². The largest absolute Gasteiger partial charge is 0.330 e. The zero-order valence-corrected chi connectivity index (χ0v) is 5.10. The van der Waals surface area contributed by atoms with Crippen LogP contribution < -0.4 is 5.73 Å². The van der Waals surface area contributed by atoms with Crippen LogP contribution in [0.4, 0.5) is 8.78 Å². The van der Waals surface area contributed by atoms with Gasteiger partial charge in [-0.15, -0.1) is 0 Å². The highest BCUT2D eigenvalue weighted by Crippen LogP contribution is 2.41. The van der Waals surface area contributed by atoms with Gasteiger partial charge in [0, 0.05) is 6.54 Å². The molecule has 1 saturated heterocycles. The van der Waals surface area contributed by atoms with E-state index in [0.29, 0.717) is 0 Å². The Bertz CT molecular complexity index is 112. The molecule has 2 atom stereocenters. The Morgan fingerprint density at radius 3 is 2.11 bits per heavy atom. The standard InChI is InChI=1S/C5H9F2NO/c1-5(2-8)3(6)9-4(5)7/h3-4H,2,8H2,1H3. The minimum atomic E-state index is -1.53. The Morgan fingerprint density at radius 1 is 1.56 bits per heavy atom. The van der Waals surface area contributed by atoms with Gasteiger partial charge in [-0.3, -0.25) is 0 Å². The molecule has 2 unspecified atom stereocenters. The molecule has 1 fully saturated rings. The number of halogens is 2. The van der Waals surface area contributed by atoms with Crippen LogP contribution in [-0.2, 0) is 4.74 Å². The van der Waals surface area contributed by atoms with E-state index in [-0.39, 0.29) is 6.54 Å². The number of hydrogen-bond acceptors (Lipinski definition) is 2. The minimum absolute atomic E-state index is 0.0185. The molecule has 0 aromatic heterocycles. The van der Waals surface area contributed by atoms with Gasteiger partial charge in [0.15, 0.2) is 0 Å². The second-order valence-corrected chi connectivity index (χ2v) is 2.48. The average molecular weight is 137 g/mol. The van der Waals surface area contributed by atoms with E-state index in [1.165, 1.54) is 6.92 Å². The van der Waals surface area contributed by atoms with Crippen LogP contribution >= 0.6 is 0 Å². The fraction of sp³-hybridized carbons (Fsp3) is 1.00. The molecule has 0 aromatic rings. The molecule has 0 bridgehead atoms. The van der Waals surface area contributed by atoms with Crippen LogP contribution in [0, 0.1) is 5.41 Å². The van der Waals surface area contributed by atoms with Crippen LogP contribution in [0.15, 0.2) is 0 Å². The first-order chi connectivity index (χ1) is 4.11. The van der Waals surface area contributed by atoms with Crippen molar-refractivity contribution in [1.82, 2.24) is 0 Å². The minimum Gasteiger partial charge on any atom is -0.330 e. The fourth-order valence-electron chi connectivity index (χ4n) is 0.632. The maximum atomic E-state index is 12.3. The van der Waals surface area contributed by atoms with Gasteiger partial charge in [0.1, 0.15) is 0 Å². The first-order valence-corrected chi connectivity index (χ1v) is 2.75. The molecule has 2 N–H and O–H groups in total. The van der Waals surface area contributed by atoms with E-state index in [0.717, 1.165) is 0 Å². The highest BCUT2D eigenvalue weighted by Gasteiger charge is 2.54. The Labute approximate surface area is 52.0 Å². The third kappa shape index (κ3) is 0.737. The molecule has 0 aromatic carbocycles. The Kier molecular flexibility index (Phi) is 1.44. The van der Waals surface area contributed by atoms with E-state index in [4.69, 9.17) is 5.73 Å². The number of alkyl halides is 2. The van der Waals surface area contributed by atoms with Gasteiger partial charge in [-0.25, -0.2) is 8.78 Å². The van der Waals surface area contributed by atoms with Gasteiger partial charge in [0.2, 0.25) is 12.7 Å². The van der Waals surface area contributed by atoms with Crippen molar-refractivity contribution in [3.8, 4) is 0 Å². The van der Waals surface area contributed by atoms with Crippen molar-refractivity contribution < 1.29 is 13.5 Å². The summed E-state index contributed by atoms with van der Waals surface area (Å²) < 4.78 is 28.6. The third-order valence-electron chi connectivity index (χ3n) is 1.72. The number of rotatable bonds is 1. The van der Waals surface area contributed by atoms with E-state index in [2.05, 4.69) is 4.74 Å². The van der Waals surface area contributed by atoms with Crippen molar-refractivity contribution in [1.29, 1.82) is 0 Å². The lowest BCUT2D eigenvalue weighted by Gasteiger charge is -2.43. The van der Waals surface area contributed by atoms with Gasteiger partial charge in [-0.1, -0.05) is 0 Å². The average Bonchev–Trinajstić information content (AvgIpc) is 1.87. The van der Waals surface area contributed by atoms with Crippen molar-refractivity contribution >= 4 is 0 Å². The lowest BCUT2D eigenvalue weighted by atomic mass is 9.86. The molecule has 0 aliphatic carbocycles. The monoisotopic (exact) mass is 137 g/mol. The summed E-state index contributed by atoms with van der Waals surface area (Å²) in [5, 5.41) is 0. The number of ether oxygens (including phenoxy) is 1. The molecule has 1 aliphatic rings. The van der Waals surface area contributed by atoms with Crippen molar-refractivity contribution in [2.45, 2.75) is 19.6 Å². The van der Waals surface area contributed by atoms with Gasteiger partial charge in [0.25, 0.3) is 0 Å². The Balaban J connectivity index is 2.55. The summed E-state index contributed by atoms with van der Waals surface area (Å²) in [5.74, 6) is 0. The molecule has 0 radical (unpaired) electrons. The van der Waals surface area contributed by atoms with Gasteiger partial charge in [0.05, 0.1) is 5.41 Å². The predicted octanol–water partition coefficient (Wildman–Crippen LogP) is 0.573. The van der Waals surface area contributed by atoms with Crippen molar-refractivity contribution in [2.75, 3.05) is 6.54 Å². The summed E-state index contributed by atoms with van der Waals surface area (Å²) in [6.45, 7) is 1.40. The summed E-state index contributed by atoms with van der Waals surface area (Å²) in [7, 11) is 0. The van der Waals surface area contributed by atoms with E-state index >= 15 is 0 Å². The van der Waals surface area contributed by atoms with E-state index in [1.807, 2.05) is 0 Å². The van der Waals surface area contributed by atoms with Crippen molar-refractivity contribution in [3.05, 3.63) is 0 Å². The molecule has 1 aliphatic heterocycles. The second-order valence-electron chi connectivity index (χ2n) is 2.48. The van der Waals surface area contributed by atoms with E-state index in [1.54, 1.807) is 0 Å². The van der Waals surface area contributed by atoms with Gasteiger partial charge < -0.3 is 10.5 Å². The molecule has 4 heteroatoms. The molecule has 9 heavy (non-hydrogen) atoms. The highest BCUT2D eigenvalue weighted by molar-refractivity contribution is 4.89. The first kappa shape index (κ1) is 6.89. The van der Waals surface area contributed by atoms with Crippen LogP contribution in [0.25, 0.3) is 0 Å². The molecule has 2 nitrogen and oxygen atoms in total. The number of hydrogen-bond donors (Lipinski definition) is 1. The lowest BCUT2D eigenvalue weighted by Crippen LogP contribution is -2.57. The maximum absolute atomic E-state index is 12.3. The van der Waals surface area contributed by atoms with Crippen LogP contribution in [0.3, 0.4) is 0 Å². The molecule has 1 heterocycles. The third-order valence-corrected chi connectivity index (χ3v) is 1.72. The van der Waals surface area contributed by atoms with Crippen LogP contribution in [0.1, 0.15) is 6.92 Å². The lowest BCUT2D eigenvalue weighted by molar-refractivity contribution is -0.338. The SMILES string of the molecule is CC1(CN)C(F)OC1F. The van der Waals surface area contributed by atoms with Gasteiger partial charge in [-0.05, 0) is 6.92 Å². The molecule has 0 spiro atoms. The molecule has 1 rings (SSSR count). The van der Waals surface area contributed by atoms with Gasteiger partial charge in [-0.2, -0.15) is 0 Å². The van der Waals surface area contributed by atoms with Crippen molar-refractivity contribution in [2.24, 2.45) is 11.1 Å². The fourth-order valence-corrected chi connectivity index (χ4v) is 0.632. The summed E-state index contributed by atoms with van der Waals surface area (Å²) in [6.07, 6.45) is -3.06. The molecule has 54 valence electrons. The van der Waals surface area contributed by atoms with Crippen LogP contribution in [-0.4, -0.2) is 19.3 Å². The highest BCUT2D eigenvalue weighted by atomic mass is 19.2. The van der Waals surface area contributed by atoms with E-state index in [9.17, 15) is 8.78 Å². The first-order valence-electron chi connectivity index (χ1n) is 2.75. The molecule has 0 amide bonds. The maximum Gasteiger partial charge on any atom is 0.213 e. The number of nitrogens with two attached hydrogens (primary N) is 1. The summed E-state index contributed by atoms with van der Waals surface area (Å²) >= 11 is 0. The zero-order chi connectivity index (χ0) is 7.07. The smallest absolute Gasteiger partial charge is 0.213 e. The predicted molar refractivity (Wildman–Crippen MR) is 28.0 cm³/mol. The van der Waals surface area contributed by atoms with Gasteiger partial charge >= 0.3 is 0 Å². The van der Waals surface area contributed by atoms with Crippen LogP contribution in [0.2, 0.25) is 0 Å². The molecular formula is C5H9F2NO. The van der Waals surface area contributed by atoms with Crippen LogP contribution in [0.5, 0.6) is 0 Å². The normalized spacial score (nSPS) is 50.7. The Morgan fingerprint density at radius 2 is 2.00 bits per heavy atom. The summed E-state index contributed by atoms with van der Waals surface area (Å²) in [6, 6.07) is 0. The molecule has 0 saturated carbocycles. The zero-order valence-electron chi connectivity index (χ0n) is 5.10. The van der Waals surface area contributed by atoms with Crippen molar-refractivity contribution in [3.63, 3.8) is 0 Å². The quantitative estimate of drug-likeness (QED) is 0.573. The Hall–Kier alpha value is -0.220. The second kappa shape index (κ2) is 1.88. The molecular weight excluding hydrogens is 128 g/mol.